The molecule has 1 amide bonds. The predicted molar refractivity (Wildman–Crippen MR) is 75.1 cm³/mol. The van der Waals surface area contributed by atoms with Crippen LogP contribution in [0.5, 0.6) is 0 Å². The van der Waals surface area contributed by atoms with E-state index in [4.69, 9.17) is 10.5 Å². The number of benzene rings is 1. The Bertz CT molecular complexity index is 397. The maximum Gasteiger partial charge on any atom is 0.254 e. The Kier molecular flexibility index (Phi) is 5.58. The van der Waals surface area contributed by atoms with Crippen molar-refractivity contribution in [3.05, 3.63) is 26.6 Å². The fraction of sp³-hybridized carbons (Fsp3) is 0.364. The molecular weight excluding hydrogens is 352 g/mol. The van der Waals surface area contributed by atoms with Gasteiger partial charge in [0.1, 0.15) is 6.10 Å². The monoisotopic (exact) mass is 364 g/mol. The molecule has 0 aliphatic carbocycles. The van der Waals surface area contributed by atoms with Crippen LogP contribution < -0.4 is 11.1 Å². The number of rotatable bonds is 4. The number of hydrogen-bond acceptors (Lipinski definition) is 3. The number of aryl methyl sites for hydroxylation is 1. The van der Waals surface area contributed by atoms with Gasteiger partial charge < -0.3 is 15.8 Å². The van der Waals surface area contributed by atoms with Gasteiger partial charge in [-0.15, -0.1) is 0 Å². The van der Waals surface area contributed by atoms with Gasteiger partial charge in [-0.25, -0.2) is 0 Å². The SMILES string of the molecule is COC(CN)C(=O)Nc1c(Br)cc(C)cc1Br. The molecule has 0 fully saturated rings. The minimum Gasteiger partial charge on any atom is -0.370 e. The molecule has 0 radical (unpaired) electrons. The average molecular weight is 366 g/mol. The normalized spacial score (nSPS) is 12.3. The molecule has 0 saturated heterocycles. The van der Waals surface area contributed by atoms with Gasteiger partial charge in [-0.2, -0.15) is 0 Å². The van der Waals surface area contributed by atoms with E-state index in [-0.39, 0.29) is 12.5 Å². The summed E-state index contributed by atoms with van der Waals surface area (Å²) in [5.74, 6) is -0.264. The van der Waals surface area contributed by atoms with Crippen molar-refractivity contribution in [1.82, 2.24) is 0 Å². The first-order valence-corrected chi connectivity index (χ1v) is 6.57. The van der Waals surface area contributed by atoms with Crippen LogP contribution in [0.25, 0.3) is 0 Å². The number of carbonyl (C=O) groups excluding carboxylic acids is 1. The second-order valence-corrected chi connectivity index (χ2v) is 5.26. The van der Waals surface area contributed by atoms with Crippen LogP contribution in [-0.2, 0) is 9.53 Å². The third kappa shape index (κ3) is 3.77. The van der Waals surface area contributed by atoms with Crippen molar-refractivity contribution in [2.75, 3.05) is 19.0 Å². The zero-order valence-electron chi connectivity index (χ0n) is 9.59. The highest BCUT2D eigenvalue weighted by molar-refractivity contribution is 9.11. The lowest BCUT2D eigenvalue weighted by Crippen LogP contribution is -2.36. The summed E-state index contributed by atoms with van der Waals surface area (Å²) in [6.07, 6.45) is -0.643. The Morgan fingerprint density at radius 1 is 1.47 bits per heavy atom. The second-order valence-electron chi connectivity index (χ2n) is 3.55. The molecule has 6 heteroatoms. The molecule has 1 atom stereocenters. The van der Waals surface area contributed by atoms with E-state index in [9.17, 15) is 4.79 Å². The summed E-state index contributed by atoms with van der Waals surface area (Å²) in [7, 11) is 1.45. The standard InChI is InChI=1S/C11H14Br2N2O2/c1-6-3-7(12)10(8(13)4-6)15-11(16)9(5-14)17-2/h3-4,9H,5,14H2,1-2H3,(H,15,16). The van der Waals surface area contributed by atoms with Gasteiger partial charge in [-0.1, -0.05) is 0 Å². The van der Waals surface area contributed by atoms with Crippen molar-refractivity contribution in [2.24, 2.45) is 5.73 Å². The third-order valence-corrected chi connectivity index (χ3v) is 3.48. The van der Waals surface area contributed by atoms with Crippen LogP contribution in [-0.4, -0.2) is 25.7 Å². The maximum absolute atomic E-state index is 11.8. The van der Waals surface area contributed by atoms with Crippen molar-refractivity contribution in [3.8, 4) is 0 Å². The van der Waals surface area contributed by atoms with Gasteiger partial charge >= 0.3 is 0 Å². The first-order valence-electron chi connectivity index (χ1n) is 4.99. The Labute approximate surface area is 117 Å². The summed E-state index contributed by atoms with van der Waals surface area (Å²) in [6.45, 7) is 2.11. The Balaban J connectivity index is 2.92. The highest BCUT2D eigenvalue weighted by Gasteiger charge is 2.18. The molecule has 0 spiro atoms. The lowest BCUT2D eigenvalue weighted by Gasteiger charge is -2.15. The fourth-order valence-electron chi connectivity index (χ4n) is 1.33. The number of nitrogens with two attached hydrogens (primary N) is 1. The summed E-state index contributed by atoms with van der Waals surface area (Å²) in [4.78, 5) is 11.8. The van der Waals surface area contributed by atoms with Gasteiger partial charge in [0.05, 0.1) is 5.69 Å². The molecule has 1 unspecified atom stereocenters. The minimum atomic E-state index is -0.643. The van der Waals surface area contributed by atoms with Crippen LogP contribution >= 0.6 is 31.9 Å². The number of ether oxygens (including phenoxy) is 1. The smallest absolute Gasteiger partial charge is 0.254 e. The molecule has 4 nitrogen and oxygen atoms in total. The van der Waals surface area contributed by atoms with E-state index in [1.54, 1.807) is 0 Å². The van der Waals surface area contributed by atoms with Crippen molar-refractivity contribution in [2.45, 2.75) is 13.0 Å². The van der Waals surface area contributed by atoms with Gasteiger partial charge in [0.2, 0.25) is 0 Å². The van der Waals surface area contributed by atoms with Crippen molar-refractivity contribution < 1.29 is 9.53 Å². The molecule has 0 bridgehead atoms. The first kappa shape index (κ1) is 14.6. The fourth-order valence-corrected chi connectivity index (χ4v) is 2.95. The van der Waals surface area contributed by atoms with E-state index >= 15 is 0 Å². The van der Waals surface area contributed by atoms with E-state index in [1.165, 1.54) is 7.11 Å². The highest BCUT2D eigenvalue weighted by atomic mass is 79.9. The molecular formula is C11H14Br2N2O2. The van der Waals surface area contributed by atoms with Crippen molar-refractivity contribution >= 4 is 43.5 Å². The van der Waals surface area contributed by atoms with Gasteiger partial charge in [-0.05, 0) is 56.5 Å². The molecule has 17 heavy (non-hydrogen) atoms. The summed E-state index contributed by atoms with van der Waals surface area (Å²) in [5, 5.41) is 2.77. The van der Waals surface area contributed by atoms with Crippen molar-refractivity contribution in [3.63, 3.8) is 0 Å². The number of anilines is 1. The van der Waals surface area contributed by atoms with E-state index in [0.29, 0.717) is 5.69 Å². The van der Waals surface area contributed by atoms with Crippen LogP contribution in [0.4, 0.5) is 5.69 Å². The summed E-state index contributed by atoms with van der Waals surface area (Å²) in [6, 6.07) is 3.84. The third-order valence-electron chi connectivity index (χ3n) is 2.23. The van der Waals surface area contributed by atoms with E-state index < -0.39 is 6.10 Å². The number of hydrogen-bond donors (Lipinski definition) is 2. The lowest BCUT2D eigenvalue weighted by atomic mass is 10.2. The largest absolute Gasteiger partial charge is 0.370 e. The Morgan fingerprint density at radius 3 is 2.41 bits per heavy atom. The Morgan fingerprint density at radius 2 is 2.00 bits per heavy atom. The molecule has 0 heterocycles. The van der Waals surface area contributed by atoms with E-state index in [2.05, 4.69) is 37.2 Å². The molecule has 3 N–H and O–H groups in total. The van der Waals surface area contributed by atoms with E-state index in [1.807, 2.05) is 19.1 Å². The molecule has 1 rings (SSSR count). The van der Waals surface area contributed by atoms with Gasteiger partial charge in [-0.3, -0.25) is 4.79 Å². The summed E-state index contributed by atoms with van der Waals surface area (Å²) in [5.41, 5.74) is 7.19. The first-order chi connectivity index (χ1) is 7.99. The zero-order valence-corrected chi connectivity index (χ0v) is 12.8. The van der Waals surface area contributed by atoms with Crippen LogP contribution in [0.2, 0.25) is 0 Å². The molecule has 1 aromatic carbocycles. The van der Waals surface area contributed by atoms with Crippen LogP contribution in [0.1, 0.15) is 5.56 Å². The number of nitrogens with one attached hydrogen (secondary N) is 1. The number of amides is 1. The van der Waals surface area contributed by atoms with Gasteiger partial charge in [0.15, 0.2) is 0 Å². The quantitative estimate of drug-likeness (QED) is 0.861. The predicted octanol–water partition coefficient (Wildman–Crippen LogP) is 2.43. The zero-order chi connectivity index (χ0) is 13.0. The van der Waals surface area contributed by atoms with Crippen LogP contribution in [0.3, 0.4) is 0 Å². The molecule has 1 aromatic rings. The minimum absolute atomic E-state index is 0.142. The van der Waals surface area contributed by atoms with Crippen molar-refractivity contribution in [1.29, 1.82) is 0 Å². The van der Waals surface area contributed by atoms with E-state index in [0.717, 1.165) is 14.5 Å². The summed E-state index contributed by atoms with van der Waals surface area (Å²) >= 11 is 6.81. The highest BCUT2D eigenvalue weighted by Crippen LogP contribution is 2.32. The van der Waals surface area contributed by atoms with Crippen LogP contribution in [0.15, 0.2) is 21.1 Å². The molecule has 0 saturated carbocycles. The second kappa shape index (κ2) is 6.49. The molecule has 0 aliphatic rings. The number of carbonyl (C=O) groups is 1. The van der Waals surface area contributed by atoms with Crippen LogP contribution in [0, 0.1) is 6.92 Å². The topological polar surface area (TPSA) is 64.3 Å². The van der Waals surface area contributed by atoms with Gasteiger partial charge in [0.25, 0.3) is 5.91 Å². The van der Waals surface area contributed by atoms with Gasteiger partial charge in [0, 0.05) is 22.6 Å². The molecule has 94 valence electrons. The maximum atomic E-state index is 11.8. The number of methoxy groups -OCH3 is 1. The summed E-state index contributed by atoms with van der Waals surface area (Å²) < 4.78 is 6.59. The number of halogens is 2. The molecule has 0 aromatic heterocycles. The lowest BCUT2D eigenvalue weighted by molar-refractivity contribution is -0.125. The average Bonchev–Trinajstić information content (AvgIpc) is 2.25. The Hall–Kier alpha value is -0.430. The molecule has 0 aliphatic heterocycles.